The van der Waals surface area contributed by atoms with Gasteiger partial charge >= 0.3 is 0 Å². The van der Waals surface area contributed by atoms with Crippen molar-refractivity contribution in [3.05, 3.63) is 23.8 Å². The topological polar surface area (TPSA) is 89.9 Å². The lowest BCUT2D eigenvalue weighted by molar-refractivity contribution is 0.0945. The molecular weight excluding hydrogens is 366 g/mol. The first-order valence-corrected chi connectivity index (χ1v) is 11.3. The third kappa shape index (κ3) is 4.62. The van der Waals surface area contributed by atoms with E-state index in [2.05, 4.69) is 10.2 Å². The summed E-state index contributed by atoms with van der Waals surface area (Å²) in [6.07, 6.45) is 6.08. The minimum Gasteiger partial charge on any atom is -0.395 e. The van der Waals surface area contributed by atoms with E-state index in [4.69, 9.17) is 5.11 Å². The molecule has 150 valence electrons. The number of anilines is 1. The number of aliphatic hydroxyl groups excluding tert-OH is 1. The lowest BCUT2D eigenvalue weighted by atomic mass is 10.1. The number of sulfonamides is 1. The maximum atomic E-state index is 13.0. The molecule has 2 aliphatic heterocycles. The van der Waals surface area contributed by atoms with Gasteiger partial charge in [0.25, 0.3) is 5.91 Å². The molecule has 2 saturated heterocycles. The Kier molecular flexibility index (Phi) is 6.73. The highest BCUT2D eigenvalue weighted by Crippen LogP contribution is 2.29. The van der Waals surface area contributed by atoms with E-state index in [1.807, 2.05) is 0 Å². The Hall–Kier alpha value is -1.64. The summed E-state index contributed by atoms with van der Waals surface area (Å²) in [7, 11) is -3.60. The van der Waals surface area contributed by atoms with Crippen LogP contribution >= 0.6 is 0 Å². The summed E-state index contributed by atoms with van der Waals surface area (Å²) in [5, 5.41) is 11.7. The van der Waals surface area contributed by atoms with Crippen molar-refractivity contribution in [1.82, 2.24) is 9.62 Å². The molecular formula is C19H29N3O4S. The van der Waals surface area contributed by atoms with Gasteiger partial charge in [-0.25, -0.2) is 8.42 Å². The van der Waals surface area contributed by atoms with Gasteiger partial charge in [-0.15, -0.1) is 0 Å². The van der Waals surface area contributed by atoms with Crippen molar-refractivity contribution in [2.75, 3.05) is 44.2 Å². The zero-order valence-corrected chi connectivity index (χ0v) is 16.5. The maximum absolute atomic E-state index is 13.0. The Morgan fingerprint density at radius 3 is 2.26 bits per heavy atom. The summed E-state index contributed by atoms with van der Waals surface area (Å²) in [6.45, 7) is 2.76. The van der Waals surface area contributed by atoms with Crippen molar-refractivity contribution in [3.8, 4) is 0 Å². The molecule has 0 saturated carbocycles. The number of nitrogens with zero attached hydrogens (tertiary/aromatic N) is 2. The van der Waals surface area contributed by atoms with Gasteiger partial charge in [-0.05, 0) is 50.3 Å². The number of rotatable bonds is 6. The van der Waals surface area contributed by atoms with Crippen molar-refractivity contribution < 1.29 is 18.3 Å². The van der Waals surface area contributed by atoms with E-state index >= 15 is 0 Å². The zero-order chi connectivity index (χ0) is 19.3. The first kappa shape index (κ1) is 20.1. The van der Waals surface area contributed by atoms with Gasteiger partial charge in [0.2, 0.25) is 10.0 Å². The number of benzene rings is 1. The molecule has 7 nitrogen and oxygen atoms in total. The fraction of sp³-hybridized carbons (Fsp3) is 0.632. The van der Waals surface area contributed by atoms with E-state index in [0.29, 0.717) is 18.7 Å². The fourth-order valence-electron chi connectivity index (χ4n) is 3.79. The molecule has 0 bridgehead atoms. The Bertz CT molecular complexity index is 754. The van der Waals surface area contributed by atoms with Gasteiger partial charge in [-0.1, -0.05) is 6.42 Å². The number of piperidine rings is 2. The molecule has 0 aromatic heterocycles. The molecule has 1 aromatic rings. The predicted molar refractivity (Wildman–Crippen MR) is 105 cm³/mol. The van der Waals surface area contributed by atoms with E-state index in [-0.39, 0.29) is 24.0 Å². The second-order valence-electron chi connectivity index (χ2n) is 7.17. The van der Waals surface area contributed by atoms with Crippen LogP contribution < -0.4 is 10.2 Å². The average Bonchev–Trinajstić information content (AvgIpc) is 2.72. The van der Waals surface area contributed by atoms with Gasteiger partial charge in [0.05, 0.1) is 17.1 Å². The van der Waals surface area contributed by atoms with E-state index < -0.39 is 10.0 Å². The molecule has 0 unspecified atom stereocenters. The van der Waals surface area contributed by atoms with Crippen molar-refractivity contribution in [2.45, 2.75) is 43.4 Å². The third-order valence-electron chi connectivity index (χ3n) is 5.26. The quantitative estimate of drug-likeness (QED) is 0.763. The summed E-state index contributed by atoms with van der Waals surface area (Å²) in [5.74, 6) is -0.347. The van der Waals surface area contributed by atoms with Crippen LogP contribution in [0.3, 0.4) is 0 Å². The molecule has 0 atom stereocenters. The minimum absolute atomic E-state index is 0.140. The highest BCUT2D eigenvalue weighted by molar-refractivity contribution is 7.89. The maximum Gasteiger partial charge on any atom is 0.253 e. The van der Waals surface area contributed by atoms with Crippen molar-refractivity contribution in [3.63, 3.8) is 0 Å². The second-order valence-corrected chi connectivity index (χ2v) is 9.11. The van der Waals surface area contributed by atoms with Crippen LogP contribution in [0.5, 0.6) is 0 Å². The number of nitrogens with one attached hydrogen (secondary N) is 1. The summed E-state index contributed by atoms with van der Waals surface area (Å²) in [4.78, 5) is 15.0. The number of carbonyl (C=O) groups excluding carboxylic acids is 1. The number of hydrogen-bond donors (Lipinski definition) is 2. The summed E-state index contributed by atoms with van der Waals surface area (Å²) < 4.78 is 27.5. The number of carbonyl (C=O) groups is 1. The fourth-order valence-corrected chi connectivity index (χ4v) is 5.33. The molecule has 2 N–H and O–H groups in total. The van der Waals surface area contributed by atoms with E-state index in [9.17, 15) is 13.2 Å². The van der Waals surface area contributed by atoms with Crippen LogP contribution in [0.4, 0.5) is 5.69 Å². The van der Waals surface area contributed by atoms with Crippen molar-refractivity contribution in [1.29, 1.82) is 0 Å². The Morgan fingerprint density at radius 2 is 1.63 bits per heavy atom. The molecule has 8 heteroatoms. The van der Waals surface area contributed by atoms with Gasteiger partial charge in [0, 0.05) is 38.4 Å². The van der Waals surface area contributed by atoms with E-state index in [1.165, 1.54) is 16.8 Å². The average molecular weight is 396 g/mol. The van der Waals surface area contributed by atoms with Gasteiger partial charge in [0.1, 0.15) is 0 Å². The summed E-state index contributed by atoms with van der Waals surface area (Å²) >= 11 is 0. The number of hydrogen-bond acceptors (Lipinski definition) is 5. The van der Waals surface area contributed by atoms with Crippen LogP contribution in [0, 0.1) is 0 Å². The van der Waals surface area contributed by atoms with Crippen molar-refractivity contribution >= 4 is 21.6 Å². The largest absolute Gasteiger partial charge is 0.395 e. The summed E-state index contributed by atoms with van der Waals surface area (Å²) in [6, 6.07) is 4.88. The molecule has 2 aliphatic rings. The Morgan fingerprint density at radius 1 is 1.00 bits per heavy atom. The molecule has 27 heavy (non-hydrogen) atoms. The van der Waals surface area contributed by atoms with Crippen LogP contribution in [0.1, 0.15) is 48.9 Å². The summed E-state index contributed by atoms with van der Waals surface area (Å²) in [5.41, 5.74) is 1.13. The van der Waals surface area contributed by atoms with Crippen molar-refractivity contribution in [2.24, 2.45) is 0 Å². The smallest absolute Gasteiger partial charge is 0.253 e. The van der Waals surface area contributed by atoms with Crippen LogP contribution in [0.2, 0.25) is 0 Å². The molecule has 2 fully saturated rings. The van der Waals surface area contributed by atoms with E-state index in [1.54, 1.807) is 12.1 Å². The Labute approximate surface area is 161 Å². The highest BCUT2D eigenvalue weighted by Gasteiger charge is 2.28. The molecule has 1 aromatic carbocycles. The van der Waals surface area contributed by atoms with Crippen LogP contribution in [0.25, 0.3) is 0 Å². The third-order valence-corrected chi connectivity index (χ3v) is 7.15. The lowest BCUT2D eigenvalue weighted by Gasteiger charge is -2.31. The predicted octanol–water partition coefficient (Wildman–Crippen LogP) is 1.57. The lowest BCUT2D eigenvalue weighted by Crippen LogP contribution is -2.36. The number of aliphatic hydroxyl groups is 1. The molecule has 3 rings (SSSR count). The normalized spacial score (nSPS) is 19.1. The van der Waals surface area contributed by atoms with Crippen LogP contribution in [-0.4, -0.2) is 63.1 Å². The van der Waals surface area contributed by atoms with Gasteiger partial charge in [-0.3, -0.25) is 4.79 Å². The molecule has 2 heterocycles. The Balaban J connectivity index is 1.95. The molecule has 0 aliphatic carbocycles. The zero-order valence-electron chi connectivity index (χ0n) is 15.7. The molecule has 0 spiro atoms. The van der Waals surface area contributed by atoms with Gasteiger partial charge < -0.3 is 15.3 Å². The molecule has 1 amide bonds. The SMILES string of the molecule is O=C(NCCO)c1cc(S(=O)(=O)N2CCCCC2)ccc1N1CCCCC1. The highest BCUT2D eigenvalue weighted by atomic mass is 32.2. The monoisotopic (exact) mass is 395 g/mol. The standard InChI is InChI=1S/C19H29N3O4S/c23-14-9-20-19(24)17-15-16(27(25,26)22-12-5-2-6-13-22)7-8-18(17)21-10-3-1-4-11-21/h7-8,15,23H,1-6,9-14H2,(H,20,24). The molecule has 0 radical (unpaired) electrons. The first-order chi connectivity index (χ1) is 13.0. The van der Waals surface area contributed by atoms with Gasteiger partial charge in [-0.2, -0.15) is 4.31 Å². The van der Waals surface area contributed by atoms with Gasteiger partial charge in [0.15, 0.2) is 0 Å². The van der Waals surface area contributed by atoms with E-state index in [0.717, 1.165) is 50.9 Å². The van der Waals surface area contributed by atoms with Crippen LogP contribution in [0.15, 0.2) is 23.1 Å². The number of amides is 1. The minimum atomic E-state index is -3.60. The van der Waals surface area contributed by atoms with Crippen LogP contribution in [-0.2, 0) is 10.0 Å². The first-order valence-electron chi connectivity index (χ1n) is 9.82. The second kappa shape index (κ2) is 9.03.